The van der Waals surface area contributed by atoms with Crippen molar-refractivity contribution in [2.75, 3.05) is 0 Å². The molecule has 0 fully saturated rings. The van der Waals surface area contributed by atoms with E-state index in [1.54, 1.807) is 0 Å². The van der Waals surface area contributed by atoms with Gasteiger partial charge in [0, 0.05) is 12.3 Å². The predicted octanol–water partition coefficient (Wildman–Crippen LogP) is 3.35. The van der Waals surface area contributed by atoms with Crippen molar-refractivity contribution >= 4 is 5.78 Å². The number of hydrogen-bond donors (Lipinski definition) is 0. The minimum Gasteiger partial charge on any atom is -0.299 e. The number of Topliss-reactive ketones (excluding diaryl/α,β-unsaturated/α-hetero) is 1. The standard InChI is InChI=1S/C11H20O/c1-9(2)7-5-6-8-11(12)10(3)4/h10H,1,5-8H2,2-4H3. The molecule has 0 aromatic heterocycles. The first kappa shape index (κ1) is 11.4. The zero-order valence-electron chi connectivity index (χ0n) is 8.52. The van der Waals surface area contributed by atoms with Crippen LogP contribution in [0.5, 0.6) is 0 Å². The maximum absolute atomic E-state index is 11.2. The first-order valence-electron chi connectivity index (χ1n) is 4.71. The van der Waals surface area contributed by atoms with Crippen molar-refractivity contribution < 1.29 is 4.79 Å². The van der Waals surface area contributed by atoms with Crippen LogP contribution in [0, 0.1) is 5.92 Å². The molecule has 0 N–H and O–H groups in total. The highest BCUT2D eigenvalue weighted by Crippen LogP contribution is 2.08. The lowest BCUT2D eigenvalue weighted by atomic mass is 10.0. The molecule has 0 rings (SSSR count). The van der Waals surface area contributed by atoms with Gasteiger partial charge in [-0.2, -0.15) is 0 Å². The molecule has 0 spiro atoms. The molecule has 70 valence electrons. The number of carbonyl (C=O) groups is 1. The van der Waals surface area contributed by atoms with Crippen molar-refractivity contribution in [3.8, 4) is 0 Å². The lowest BCUT2D eigenvalue weighted by Gasteiger charge is -2.03. The van der Waals surface area contributed by atoms with Gasteiger partial charge in [0.25, 0.3) is 0 Å². The van der Waals surface area contributed by atoms with Crippen molar-refractivity contribution in [3.63, 3.8) is 0 Å². The van der Waals surface area contributed by atoms with Gasteiger partial charge in [0.2, 0.25) is 0 Å². The molecule has 0 saturated heterocycles. The number of hydrogen-bond acceptors (Lipinski definition) is 1. The Bertz CT molecular complexity index is 156. The van der Waals surface area contributed by atoms with E-state index in [1.807, 2.05) is 20.8 Å². The van der Waals surface area contributed by atoms with Crippen LogP contribution >= 0.6 is 0 Å². The Hall–Kier alpha value is -0.590. The Morgan fingerprint density at radius 1 is 1.25 bits per heavy atom. The third-order valence-corrected chi connectivity index (χ3v) is 1.92. The second-order valence-electron chi connectivity index (χ2n) is 3.79. The fraction of sp³-hybridized carbons (Fsp3) is 0.727. The van der Waals surface area contributed by atoms with E-state index >= 15 is 0 Å². The molecule has 0 saturated carbocycles. The monoisotopic (exact) mass is 168 g/mol. The summed E-state index contributed by atoms with van der Waals surface area (Å²) in [6, 6.07) is 0. The molecule has 1 nitrogen and oxygen atoms in total. The summed E-state index contributed by atoms with van der Waals surface area (Å²) in [4.78, 5) is 11.2. The Balaban J connectivity index is 3.32. The van der Waals surface area contributed by atoms with Crippen molar-refractivity contribution in [3.05, 3.63) is 12.2 Å². The fourth-order valence-electron chi connectivity index (χ4n) is 1.01. The number of allylic oxidation sites excluding steroid dienone is 1. The summed E-state index contributed by atoms with van der Waals surface area (Å²) in [6.45, 7) is 9.77. The maximum atomic E-state index is 11.2. The zero-order valence-corrected chi connectivity index (χ0v) is 8.52. The summed E-state index contributed by atoms with van der Waals surface area (Å²) in [5, 5.41) is 0. The Kier molecular flexibility index (Phi) is 5.69. The van der Waals surface area contributed by atoms with Crippen LogP contribution in [0.2, 0.25) is 0 Å². The summed E-state index contributed by atoms with van der Waals surface area (Å²) in [5.41, 5.74) is 1.21. The summed E-state index contributed by atoms with van der Waals surface area (Å²) in [6.07, 6.45) is 3.92. The molecular weight excluding hydrogens is 148 g/mol. The predicted molar refractivity (Wildman–Crippen MR) is 53.1 cm³/mol. The van der Waals surface area contributed by atoms with Gasteiger partial charge in [0.05, 0.1) is 0 Å². The van der Waals surface area contributed by atoms with Crippen LogP contribution in [0.25, 0.3) is 0 Å². The van der Waals surface area contributed by atoms with E-state index < -0.39 is 0 Å². The van der Waals surface area contributed by atoms with Crippen LogP contribution < -0.4 is 0 Å². The van der Waals surface area contributed by atoms with Crippen LogP contribution in [0.15, 0.2) is 12.2 Å². The van der Waals surface area contributed by atoms with E-state index in [1.165, 1.54) is 5.57 Å². The number of ketones is 1. The summed E-state index contributed by atoms with van der Waals surface area (Å²) in [7, 11) is 0. The molecule has 0 aliphatic carbocycles. The average molecular weight is 168 g/mol. The van der Waals surface area contributed by atoms with Gasteiger partial charge in [-0.25, -0.2) is 0 Å². The largest absolute Gasteiger partial charge is 0.299 e. The molecule has 0 heterocycles. The molecule has 0 unspecified atom stereocenters. The van der Waals surface area contributed by atoms with E-state index in [0.29, 0.717) is 5.78 Å². The summed E-state index contributed by atoms with van der Waals surface area (Å²) < 4.78 is 0. The zero-order chi connectivity index (χ0) is 9.56. The molecule has 1 heteroatoms. The van der Waals surface area contributed by atoms with Crippen LogP contribution in [0.3, 0.4) is 0 Å². The second kappa shape index (κ2) is 5.99. The van der Waals surface area contributed by atoms with Crippen molar-refractivity contribution in [1.82, 2.24) is 0 Å². The second-order valence-corrected chi connectivity index (χ2v) is 3.79. The number of rotatable bonds is 6. The molecule has 0 amide bonds. The molecular formula is C11H20O. The van der Waals surface area contributed by atoms with E-state index in [0.717, 1.165) is 25.7 Å². The highest BCUT2D eigenvalue weighted by Gasteiger charge is 2.05. The normalized spacial score (nSPS) is 10.3. The maximum Gasteiger partial charge on any atom is 0.135 e. The molecule has 0 aromatic carbocycles. The van der Waals surface area contributed by atoms with Gasteiger partial charge < -0.3 is 0 Å². The average Bonchev–Trinajstić information content (AvgIpc) is 1.97. The van der Waals surface area contributed by atoms with Crippen LogP contribution in [-0.2, 0) is 4.79 Å². The molecule has 0 bridgehead atoms. The Morgan fingerprint density at radius 2 is 1.75 bits per heavy atom. The first-order valence-corrected chi connectivity index (χ1v) is 4.71. The van der Waals surface area contributed by atoms with E-state index in [4.69, 9.17) is 0 Å². The van der Waals surface area contributed by atoms with Gasteiger partial charge in [-0.15, -0.1) is 6.58 Å². The van der Waals surface area contributed by atoms with Gasteiger partial charge in [-0.05, 0) is 26.2 Å². The van der Waals surface area contributed by atoms with Gasteiger partial charge in [-0.3, -0.25) is 4.79 Å². The van der Waals surface area contributed by atoms with Gasteiger partial charge in [0.1, 0.15) is 5.78 Å². The molecule has 0 radical (unpaired) electrons. The lowest BCUT2D eigenvalue weighted by Crippen LogP contribution is -2.05. The summed E-state index contributed by atoms with van der Waals surface area (Å²) in [5.74, 6) is 0.589. The Labute approximate surface area is 75.9 Å². The van der Waals surface area contributed by atoms with Crippen molar-refractivity contribution in [1.29, 1.82) is 0 Å². The van der Waals surface area contributed by atoms with Crippen LogP contribution in [0.4, 0.5) is 0 Å². The molecule has 12 heavy (non-hydrogen) atoms. The molecule has 0 atom stereocenters. The molecule has 0 aromatic rings. The third kappa shape index (κ3) is 6.14. The van der Waals surface area contributed by atoms with E-state index in [9.17, 15) is 4.79 Å². The highest BCUT2D eigenvalue weighted by molar-refractivity contribution is 5.80. The smallest absolute Gasteiger partial charge is 0.135 e. The van der Waals surface area contributed by atoms with Crippen LogP contribution in [-0.4, -0.2) is 5.78 Å². The van der Waals surface area contributed by atoms with Crippen LogP contribution in [0.1, 0.15) is 46.5 Å². The SMILES string of the molecule is C=C(C)CCCCC(=O)C(C)C. The van der Waals surface area contributed by atoms with E-state index in [-0.39, 0.29) is 5.92 Å². The van der Waals surface area contributed by atoms with Gasteiger partial charge in [-0.1, -0.05) is 19.4 Å². The topological polar surface area (TPSA) is 17.1 Å². The Morgan fingerprint density at radius 3 is 2.17 bits per heavy atom. The van der Waals surface area contributed by atoms with Crippen molar-refractivity contribution in [2.45, 2.75) is 46.5 Å². The first-order chi connectivity index (χ1) is 5.54. The highest BCUT2D eigenvalue weighted by atomic mass is 16.1. The quantitative estimate of drug-likeness (QED) is 0.439. The molecule has 0 aliphatic rings. The lowest BCUT2D eigenvalue weighted by molar-refractivity contribution is -0.122. The van der Waals surface area contributed by atoms with Crippen molar-refractivity contribution in [2.24, 2.45) is 5.92 Å². The summed E-state index contributed by atoms with van der Waals surface area (Å²) >= 11 is 0. The number of carbonyl (C=O) groups excluding carboxylic acids is 1. The number of unbranched alkanes of at least 4 members (excludes halogenated alkanes) is 1. The minimum atomic E-state index is 0.204. The van der Waals surface area contributed by atoms with E-state index in [2.05, 4.69) is 6.58 Å². The fourth-order valence-corrected chi connectivity index (χ4v) is 1.01. The molecule has 0 aliphatic heterocycles. The van der Waals surface area contributed by atoms with Gasteiger partial charge in [0.15, 0.2) is 0 Å². The third-order valence-electron chi connectivity index (χ3n) is 1.92. The van der Waals surface area contributed by atoms with Gasteiger partial charge >= 0.3 is 0 Å². The minimum absolute atomic E-state index is 0.204.